The van der Waals surface area contributed by atoms with Crippen LogP contribution < -0.4 is 5.32 Å². The summed E-state index contributed by atoms with van der Waals surface area (Å²) >= 11 is 5.85. The summed E-state index contributed by atoms with van der Waals surface area (Å²) in [6, 6.07) is 3.63. The van der Waals surface area contributed by atoms with Crippen LogP contribution in [0.1, 0.15) is 29.0 Å². The van der Waals surface area contributed by atoms with E-state index in [4.69, 9.17) is 11.6 Å². The van der Waals surface area contributed by atoms with E-state index in [2.05, 4.69) is 31.8 Å². The molecule has 0 unspecified atom stereocenters. The number of halogens is 1. The number of nitrogens with one attached hydrogen (secondary N) is 2. The molecule has 23 heavy (non-hydrogen) atoms. The lowest BCUT2D eigenvalue weighted by Gasteiger charge is -2.22. The number of H-pyrrole nitrogens is 1. The van der Waals surface area contributed by atoms with Crippen LogP contribution in [-0.4, -0.2) is 25.4 Å². The summed E-state index contributed by atoms with van der Waals surface area (Å²) in [4.78, 5) is 24.2. The summed E-state index contributed by atoms with van der Waals surface area (Å²) in [5, 5.41) is 3.19. The maximum Gasteiger partial charge on any atom is 0.257 e. The molecule has 7 heteroatoms. The van der Waals surface area contributed by atoms with Gasteiger partial charge in [0.2, 0.25) is 0 Å². The molecule has 0 saturated heterocycles. The minimum atomic E-state index is -0.200. The summed E-state index contributed by atoms with van der Waals surface area (Å²) in [6.07, 6.45) is 7.84. The monoisotopic (exact) mass is 327 g/mol. The largest absolute Gasteiger partial charge is 0.364 e. The average Bonchev–Trinajstić information content (AvgIpc) is 3.13. The van der Waals surface area contributed by atoms with Gasteiger partial charge < -0.3 is 14.9 Å². The number of rotatable bonds is 2. The van der Waals surface area contributed by atoms with Crippen molar-refractivity contribution in [1.82, 2.24) is 19.5 Å². The summed E-state index contributed by atoms with van der Waals surface area (Å²) in [7, 11) is 0. The molecule has 4 heterocycles. The molecule has 6 nitrogen and oxygen atoms in total. The van der Waals surface area contributed by atoms with E-state index in [0.29, 0.717) is 22.4 Å². The normalized spacial score (nSPS) is 15.8. The lowest BCUT2D eigenvalue weighted by Crippen LogP contribution is -2.18. The molecule has 4 rings (SSSR count). The summed E-state index contributed by atoms with van der Waals surface area (Å²) in [5.41, 5.74) is 3.09. The van der Waals surface area contributed by atoms with Crippen LogP contribution in [0.5, 0.6) is 0 Å². The Kier molecular flexibility index (Phi) is 3.20. The van der Waals surface area contributed by atoms with Crippen LogP contribution in [0.4, 0.5) is 5.69 Å². The van der Waals surface area contributed by atoms with E-state index in [9.17, 15) is 4.79 Å². The fourth-order valence-electron chi connectivity index (χ4n) is 3.00. The van der Waals surface area contributed by atoms with Gasteiger partial charge in [-0.25, -0.2) is 9.97 Å². The molecule has 3 aromatic heterocycles. The van der Waals surface area contributed by atoms with Gasteiger partial charge in [-0.05, 0) is 19.1 Å². The molecule has 0 bridgehead atoms. The highest BCUT2D eigenvalue weighted by molar-refractivity contribution is 6.29. The van der Waals surface area contributed by atoms with Crippen molar-refractivity contribution in [3.8, 4) is 11.4 Å². The number of aromatic amines is 1. The van der Waals surface area contributed by atoms with Gasteiger partial charge in [0.25, 0.3) is 5.91 Å². The van der Waals surface area contributed by atoms with Crippen molar-refractivity contribution in [1.29, 1.82) is 0 Å². The van der Waals surface area contributed by atoms with Crippen LogP contribution in [-0.2, 0) is 6.42 Å². The number of imidazole rings is 1. The van der Waals surface area contributed by atoms with Gasteiger partial charge in [-0.1, -0.05) is 11.6 Å². The quantitative estimate of drug-likeness (QED) is 0.709. The highest BCUT2D eigenvalue weighted by Gasteiger charge is 2.28. The smallest absolute Gasteiger partial charge is 0.257 e. The van der Waals surface area contributed by atoms with Crippen molar-refractivity contribution in [3.63, 3.8) is 0 Å². The fourth-order valence-corrected chi connectivity index (χ4v) is 3.17. The molecule has 3 aromatic rings. The van der Waals surface area contributed by atoms with Gasteiger partial charge in [0.1, 0.15) is 11.0 Å². The number of anilines is 1. The number of amides is 1. The molecule has 1 aliphatic rings. The van der Waals surface area contributed by atoms with Crippen molar-refractivity contribution in [2.75, 3.05) is 5.32 Å². The molecule has 0 saturated carbocycles. The van der Waals surface area contributed by atoms with Crippen molar-refractivity contribution in [2.45, 2.75) is 19.4 Å². The number of hydrogen-bond donors (Lipinski definition) is 2. The number of carbonyl (C=O) groups is 1. The van der Waals surface area contributed by atoms with Gasteiger partial charge in [0.15, 0.2) is 0 Å². The Balaban J connectivity index is 1.71. The van der Waals surface area contributed by atoms with Gasteiger partial charge in [-0.2, -0.15) is 0 Å². The van der Waals surface area contributed by atoms with E-state index in [1.807, 2.05) is 6.20 Å². The molecule has 0 spiro atoms. The van der Waals surface area contributed by atoms with Crippen LogP contribution in [0.2, 0.25) is 5.15 Å². The molecule has 0 aromatic carbocycles. The number of hydrogen-bond acceptors (Lipinski definition) is 3. The second kappa shape index (κ2) is 5.24. The first-order chi connectivity index (χ1) is 11.1. The third kappa shape index (κ3) is 2.31. The molecule has 0 fully saturated rings. The minimum Gasteiger partial charge on any atom is -0.364 e. The predicted molar refractivity (Wildman–Crippen MR) is 87.6 cm³/mol. The number of aromatic nitrogens is 4. The zero-order valence-electron chi connectivity index (χ0n) is 12.4. The highest BCUT2D eigenvalue weighted by atomic mass is 35.5. The molecule has 1 atom stereocenters. The number of nitrogens with zero attached hydrogens (tertiary/aromatic N) is 3. The fraction of sp³-hybridized carbons (Fsp3) is 0.188. The zero-order chi connectivity index (χ0) is 16.0. The molecule has 1 amide bonds. The molecule has 0 aliphatic carbocycles. The lowest BCUT2D eigenvalue weighted by molar-refractivity contribution is 0.102. The van der Waals surface area contributed by atoms with Crippen LogP contribution in [0.25, 0.3) is 11.4 Å². The van der Waals surface area contributed by atoms with Crippen LogP contribution in [0.3, 0.4) is 0 Å². The van der Waals surface area contributed by atoms with Crippen LogP contribution >= 0.6 is 11.6 Å². The van der Waals surface area contributed by atoms with Crippen molar-refractivity contribution in [2.24, 2.45) is 0 Å². The molecular formula is C16H14ClN5O. The first kappa shape index (κ1) is 14.0. The second-order valence-corrected chi connectivity index (χ2v) is 5.98. The molecule has 116 valence electrons. The standard InChI is InChI=1S/C16H14ClN5O/c1-9-6-12-14(15-19-4-5-22(9)15)11(8-20-12)16(23)21-10-2-3-18-13(17)7-10/h2-5,7-9,20H,6H2,1H3,(H,18,21,23)/t9-/m1/s1. The number of fused-ring (bicyclic) bond motifs is 3. The first-order valence-electron chi connectivity index (χ1n) is 7.30. The SMILES string of the molecule is C[C@@H]1Cc2[nH]cc(C(=O)Nc3ccnc(Cl)c3)c2-c2nccn21. The minimum absolute atomic E-state index is 0.200. The van der Waals surface area contributed by atoms with Gasteiger partial charge in [-0.15, -0.1) is 0 Å². The Morgan fingerprint density at radius 3 is 3.13 bits per heavy atom. The van der Waals surface area contributed by atoms with Crippen LogP contribution in [0, 0.1) is 0 Å². The lowest BCUT2D eigenvalue weighted by atomic mass is 10.0. The van der Waals surface area contributed by atoms with E-state index >= 15 is 0 Å². The maximum absolute atomic E-state index is 12.6. The van der Waals surface area contributed by atoms with Crippen molar-refractivity contribution in [3.05, 3.63) is 53.3 Å². The summed E-state index contributed by atoms with van der Waals surface area (Å²) in [5.74, 6) is 0.617. The van der Waals surface area contributed by atoms with Gasteiger partial charge >= 0.3 is 0 Å². The Bertz CT molecular complexity index is 898. The van der Waals surface area contributed by atoms with E-state index < -0.39 is 0 Å². The predicted octanol–water partition coefficient (Wildman–Crippen LogP) is 3.30. The number of pyridine rings is 1. The van der Waals surface area contributed by atoms with E-state index in [-0.39, 0.29) is 5.91 Å². The molecule has 0 radical (unpaired) electrons. The molecular weight excluding hydrogens is 314 g/mol. The topological polar surface area (TPSA) is 75.6 Å². The van der Waals surface area contributed by atoms with Crippen molar-refractivity contribution >= 4 is 23.2 Å². The third-order valence-corrected chi connectivity index (χ3v) is 4.26. The molecule has 1 aliphatic heterocycles. The Morgan fingerprint density at radius 1 is 1.43 bits per heavy atom. The van der Waals surface area contributed by atoms with Crippen molar-refractivity contribution < 1.29 is 4.79 Å². The van der Waals surface area contributed by atoms with Gasteiger partial charge in [0, 0.05) is 48.6 Å². The maximum atomic E-state index is 12.6. The van der Waals surface area contributed by atoms with E-state index in [1.54, 1.807) is 30.7 Å². The Morgan fingerprint density at radius 2 is 2.30 bits per heavy atom. The van der Waals surface area contributed by atoms with E-state index in [1.165, 1.54) is 0 Å². The Hall–Kier alpha value is -2.60. The van der Waals surface area contributed by atoms with Gasteiger partial charge in [-0.3, -0.25) is 4.79 Å². The average molecular weight is 328 g/mol. The number of carbonyl (C=O) groups excluding carboxylic acids is 1. The Labute approximate surface area is 137 Å². The second-order valence-electron chi connectivity index (χ2n) is 5.59. The van der Waals surface area contributed by atoms with Gasteiger partial charge in [0.05, 0.1) is 11.1 Å². The summed E-state index contributed by atoms with van der Waals surface area (Å²) in [6.45, 7) is 2.13. The first-order valence-corrected chi connectivity index (χ1v) is 7.67. The highest BCUT2D eigenvalue weighted by Crippen LogP contribution is 2.35. The zero-order valence-corrected chi connectivity index (χ0v) is 13.1. The van der Waals surface area contributed by atoms with Crippen LogP contribution in [0.15, 0.2) is 36.9 Å². The van der Waals surface area contributed by atoms with E-state index in [0.717, 1.165) is 23.5 Å². The molecule has 2 N–H and O–H groups in total. The summed E-state index contributed by atoms with van der Waals surface area (Å²) < 4.78 is 2.09. The third-order valence-electron chi connectivity index (χ3n) is 4.06.